The van der Waals surface area contributed by atoms with E-state index in [0.29, 0.717) is 18.4 Å². The van der Waals surface area contributed by atoms with Crippen LogP contribution in [0.2, 0.25) is 0 Å². The Morgan fingerprint density at radius 3 is 3.00 bits per heavy atom. The number of carbonyl (C=O) groups is 1. The molecule has 3 N–H and O–H groups in total. The number of nitrogens with one attached hydrogen (secondary N) is 1. The van der Waals surface area contributed by atoms with E-state index in [1.807, 2.05) is 0 Å². The lowest BCUT2D eigenvalue weighted by Gasteiger charge is -2.18. The molecular formula is C11H22N2O2. The first-order valence-electron chi connectivity index (χ1n) is 5.79. The molecule has 0 aromatic heterocycles. The molecule has 4 heteroatoms. The van der Waals surface area contributed by atoms with Crippen LogP contribution in [0, 0.1) is 5.92 Å². The number of rotatable bonds is 7. The van der Waals surface area contributed by atoms with Gasteiger partial charge in [-0.05, 0) is 38.6 Å². The Balaban J connectivity index is 1.96. The van der Waals surface area contributed by atoms with Crippen LogP contribution in [0.5, 0.6) is 0 Å². The standard InChI is InChI=1S/C11H22N2O2/c1-9(10-5-7-15-8-10)13-6-3-2-4-11(12)14/h9-10,13H,2-8H2,1H3,(H2,12,14). The monoisotopic (exact) mass is 214 g/mol. The molecule has 1 fully saturated rings. The Morgan fingerprint density at radius 2 is 2.40 bits per heavy atom. The summed E-state index contributed by atoms with van der Waals surface area (Å²) in [5, 5.41) is 3.47. The smallest absolute Gasteiger partial charge is 0.217 e. The van der Waals surface area contributed by atoms with Gasteiger partial charge in [-0.1, -0.05) is 0 Å². The summed E-state index contributed by atoms with van der Waals surface area (Å²) in [6.07, 6.45) is 3.56. The fourth-order valence-corrected chi connectivity index (χ4v) is 1.87. The Morgan fingerprint density at radius 1 is 1.60 bits per heavy atom. The van der Waals surface area contributed by atoms with Crippen molar-refractivity contribution in [2.45, 2.75) is 38.6 Å². The van der Waals surface area contributed by atoms with E-state index in [4.69, 9.17) is 10.5 Å². The van der Waals surface area contributed by atoms with E-state index in [1.165, 1.54) is 0 Å². The van der Waals surface area contributed by atoms with Crippen LogP contribution < -0.4 is 11.1 Å². The van der Waals surface area contributed by atoms with Crippen molar-refractivity contribution in [3.63, 3.8) is 0 Å². The number of amides is 1. The number of ether oxygens (including phenoxy) is 1. The maximum Gasteiger partial charge on any atom is 0.217 e. The highest BCUT2D eigenvalue weighted by molar-refractivity contribution is 5.73. The third-order valence-electron chi connectivity index (χ3n) is 2.99. The van der Waals surface area contributed by atoms with E-state index in [0.717, 1.165) is 39.0 Å². The number of primary amides is 1. The summed E-state index contributed by atoms with van der Waals surface area (Å²) < 4.78 is 5.34. The fourth-order valence-electron chi connectivity index (χ4n) is 1.87. The Kier molecular flexibility index (Phi) is 5.65. The van der Waals surface area contributed by atoms with Gasteiger partial charge in [-0.15, -0.1) is 0 Å². The summed E-state index contributed by atoms with van der Waals surface area (Å²) in [7, 11) is 0. The van der Waals surface area contributed by atoms with Gasteiger partial charge in [-0.25, -0.2) is 0 Å². The molecule has 0 aromatic carbocycles. The van der Waals surface area contributed by atoms with Crippen LogP contribution >= 0.6 is 0 Å². The predicted octanol–water partition coefficient (Wildman–Crippen LogP) is 0.657. The third kappa shape index (κ3) is 5.14. The average molecular weight is 214 g/mol. The molecule has 2 atom stereocenters. The minimum Gasteiger partial charge on any atom is -0.381 e. The molecule has 1 heterocycles. The van der Waals surface area contributed by atoms with Gasteiger partial charge in [0.05, 0.1) is 6.61 Å². The van der Waals surface area contributed by atoms with Gasteiger partial charge in [-0.3, -0.25) is 4.79 Å². The van der Waals surface area contributed by atoms with E-state index >= 15 is 0 Å². The molecule has 1 saturated heterocycles. The zero-order chi connectivity index (χ0) is 11.1. The molecular weight excluding hydrogens is 192 g/mol. The van der Waals surface area contributed by atoms with Gasteiger partial charge in [0.25, 0.3) is 0 Å². The first-order chi connectivity index (χ1) is 7.20. The average Bonchev–Trinajstić information content (AvgIpc) is 2.69. The van der Waals surface area contributed by atoms with E-state index in [-0.39, 0.29) is 5.91 Å². The van der Waals surface area contributed by atoms with Gasteiger partial charge in [0, 0.05) is 19.1 Å². The van der Waals surface area contributed by atoms with Crippen LogP contribution in [0.25, 0.3) is 0 Å². The molecule has 0 spiro atoms. The van der Waals surface area contributed by atoms with Crippen LogP contribution in [0.15, 0.2) is 0 Å². The zero-order valence-corrected chi connectivity index (χ0v) is 9.50. The first kappa shape index (κ1) is 12.5. The molecule has 0 bridgehead atoms. The Bertz CT molecular complexity index is 191. The second kappa shape index (κ2) is 6.80. The number of nitrogens with two attached hydrogens (primary N) is 1. The molecule has 0 aromatic rings. The maximum absolute atomic E-state index is 10.5. The topological polar surface area (TPSA) is 64.3 Å². The second-order valence-corrected chi connectivity index (χ2v) is 4.29. The fraction of sp³-hybridized carbons (Fsp3) is 0.909. The summed E-state index contributed by atoms with van der Waals surface area (Å²) in [5.74, 6) is 0.452. The molecule has 1 amide bonds. The van der Waals surface area contributed by atoms with Gasteiger partial charge in [0.2, 0.25) is 5.91 Å². The summed E-state index contributed by atoms with van der Waals surface area (Å²) in [4.78, 5) is 10.5. The van der Waals surface area contributed by atoms with Gasteiger partial charge in [0.1, 0.15) is 0 Å². The molecule has 1 aliphatic rings. The first-order valence-corrected chi connectivity index (χ1v) is 5.79. The number of hydrogen-bond donors (Lipinski definition) is 2. The molecule has 1 aliphatic heterocycles. The minimum absolute atomic E-state index is 0.202. The maximum atomic E-state index is 10.5. The molecule has 0 radical (unpaired) electrons. The van der Waals surface area contributed by atoms with Crippen LogP contribution in [0.1, 0.15) is 32.6 Å². The second-order valence-electron chi connectivity index (χ2n) is 4.29. The SMILES string of the molecule is CC(NCCCCC(N)=O)C1CCOC1. The van der Waals surface area contributed by atoms with Crippen molar-refractivity contribution < 1.29 is 9.53 Å². The lowest BCUT2D eigenvalue weighted by molar-refractivity contribution is -0.118. The van der Waals surface area contributed by atoms with Crippen molar-refractivity contribution in [2.75, 3.05) is 19.8 Å². The van der Waals surface area contributed by atoms with Crippen molar-refractivity contribution in [1.29, 1.82) is 0 Å². The van der Waals surface area contributed by atoms with Crippen LogP contribution in [0.4, 0.5) is 0 Å². The number of carbonyl (C=O) groups excluding carboxylic acids is 1. The highest BCUT2D eigenvalue weighted by atomic mass is 16.5. The van der Waals surface area contributed by atoms with Crippen LogP contribution in [-0.4, -0.2) is 31.7 Å². The van der Waals surface area contributed by atoms with Gasteiger partial charge in [-0.2, -0.15) is 0 Å². The summed E-state index contributed by atoms with van der Waals surface area (Å²) in [6, 6.07) is 0.515. The summed E-state index contributed by atoms with van der Waals surface area (Å²) in [6.45, 7) is 4.95. The lowest BCUT2D eigenvalue weighted by atomic mass is 10.0. The van der Waals surface area contributed by atoms with E-state index in [9.17, 15) is 4.79 Å². The van der Waals surface area contributed by atoms with Gasteiger partial charge < -0.3 is 15.8 Å². The zero-order valence-electron chi connectivity index (χ0n) is 9.50. The number of hydrogen-bond acceptors (Lipinski definition) is 3. The highest BCUT2D eigenvalue weighted by Gasteiger charge is 2.21. The Labute approximate surface area is 91.5 Å². The predicted molar refractivity (Wildman–Crippen MR) is 59.4 cm³/mol. The molecule has 15 heavy (non-hydrogen) atoms. The minimum atomic E-state index is -0.202. The molecule has 1 rings (SSSR count). The number of unbranched alkanes of at least 4 members (excludes halogenated alkanes) is 1. The van der Waals surface area contributed by atoms with E-state index < -0.39 is 0 Å². The summed E-state index contributed by atoms with van der Waals surface area (Å²) >= 11 is 0. The molecule has 0 saturated carbocycles. The molecule has 88 valence electrons. The summed E-state index contributed by atoms with van der Waals surface area (Å²) in [5.41, 5.74) is 5.06. The van der Waals surface area contributed by atoms with Crippen LogP contribution in [0.3, 0.4) is 0 Å². The van der Waals surface area contributed by atoms with Gasteiger partial charge >= 0.3 is 0 Å². The van der Waals surface area contributed by atoms with E-state index in [1.54, 1.807) is 0 Å². The normalized spacial score (nSPS) is 22.9. The highest BCUT2D eigenvalue weighted by Crippen LogP contribution is 2.16. The van der Waals surface area contributed by atoms with Crippen molar-refractivity contribution >= 4 is 5.91 Å². The van der Waals surface area contributed by atoms with Crippen molar-refractivity contribution in [3.8, 4) is 0 Å². The van der Waals surface area contributed by atoms with E-state index in [2.05, 4.69) is 12.2 Å². The third-order valence-corrected chi connectivity index (χ3v) is 2.99. The molecule has 4 nitrogen and oxygen atoms in total. The Hall–Kier alpha value is -0.610. The van der Waals surface area contributed by atoms with Gasteiger partial charge in [0.15, 0.2) is 0 Å². The quantitative estimate of drug-likeness (QED) is 0.612. The van der Waals surface area contributed by atoms with Crippen LogP contribution in [-0.2, 0) is 9.53 Å². The van der Waals surface area contributed by atoms with Crippen molar-refractivity contribution in [1.82, 2.24) is 5.32 Å². The van der Waals surface area contributed by atoms with Crippen molar-refractivity contribution in [2.24, 2.45) is 11.7 Å². The molecule has 0 aliphatic carbocycles. The molecule has 2 unspecified atom stereocenters. The van der Waals surface area contributed by atoms with Crippen molar-refractivity contribution in [3.05, 3.63) is 0 Å². The lowest BCUT2D eigenvalue weighted by Crippen LogP contribution is -2.34. The largest absolute Gasteiger partial charge is 0.381 e.